The van der Waals surface area contributed by atoms with Crippen molar-refractivity contribution in [2.75, 3.05) is 19.0 Å². The number of methoxy groups -OCH3 is 1. The number of hydrogen-bond acceptors (Lipinski definition) is 8. The molecule has 3 aromatic rings. The molecule has 0 radical (unpaired) electrons. The van der Waals surface area contributed by atoms with Crippen molar-refractivity contribution in [3.05, 3.63) is 44.6 Å². The van der Waals surface area contributed by atoms with Crippen LogP contribution in [0.2, 0.25) is 5.02 Å². The molecule has 1 aromatic carbocycles. The van der Waals surface area contributed by atoms with Gasteiger partial charge < -0.3 is 19.3 Å². The predicted octanol–water partition coefficient (Wildman–Crippen LogP) is 2.48. The Labute approximate surface area is 175 Å². The van der Waals surface area contributed by atoms with Gasteiger partial charge in [-0.3, -0.25) is 14.2 Å². The minimum Gasteiger partial charge on any atom is -0.495 e. The predicted molar refractivity (Wildman–Crippen MR) is 108 cm³/mol. The molecule has 0 aliphatic carbocycles. The zero-order valence-electron chi connectivity index (χ0n) is 16.7. The lowest BCUT2D eigenvalue weighted by Gasteiger charge is -2.13. The quantitative estimate of drug-likeness (QED) is 0.586. The van der Waals surface area contributed by atoms with Crippen molar-refractivity contribution in [2.45, 2.75) is 27.3 Å². The molecule has 0 saturated heterocycles. The molecule has 0 aliphatic heterocycles. The number of ether oxygens (including phenoxy) is 2. The lowest BCUT2D eigenvalue weighted by Crippen LogP contribution is -2.30. The van der Waals surface area contributed by atoms with Crippen LogP contribution in [-0.2, 0) is 16.1 Å². The Balaban J connectivity index is 1.95. The number of esters is 1. The zero-order valence-corrected chi connectivity index (χ0v) is 17.5. The molecule has 30 heavy (non-hydrogen) atoms. The maximum absolute atomic E-state index is 12.9. The van der Waals surface area contributed by atoms with Crippen molar-refractivity contribution in [1.82, 2.24) is 14.7 Å². The van der Waals surface area contributed by atoms with Crippen LogP contribution in [0.15, 0.2) is 21.5 Å². The number of anilines is 1. The van der Waals surface area contributed by atoms with Crippen LogP contribution in [0.5, 0.6) is 5.75 Å². The SMILES string of the molecule is CCOC(=O)c1noc2nc(C)n(CC(=O)Nc3cc(C)c(Cl)cc3OC)c(=O)c12. The van der Waals surface area contributed by atoms with E-state index in [1.54, 1.807) is 26.0 Å². The summed E-state index contributed by atoms with van der Waals surface area (Å²) < 4.78 is 16.2. The molecule has 0 saturated carbocycles. The van der Waals surface area contributed by atoms with Gasteiger partial charge in [0, 0.05) is 11.1 Å². The highest BCUT2D eigenvalue weighted by atomic mass is 35.5. The number of amides is 1. The van der Waals surface area contributed by atoms with Gasteiger partial charge in [-0.05, 0) is 32.4 Å². The Morgan fingerprint density at radius 2 is 2.03 bits per heavy atom. The summed E-state index contributed by atoms with van der Waals surface area (Å²) in [5, 5.41) is 6.63. The summed E-state index contributed by atoms with van der Waals surface area (Å²) in [5.74, 6) is -0.722. The minimum atomic E-state index is -0.809. The molecule has 0 aliphatic rings. The summed E-state index contributed by atoms with van der Waals surface area (Å²) in [6, 6.07) is 3.25. The van der Waals surface area contributed by atoms with Crippen molar-refractivity contribution < 1.29 is 23.6 Å². The molecule has 3 rings (SSSR count). The number of nitrogens with one attached hydrogen (secondary N) is 1. The molecular weight excluding hydrogens is 416 g/mol. The third kappa shape index (κ3) is 3.99. The van der Waals surface area contributed by atoms with Crippen LogP contribution in [0.4, 0.5) is 5.69 Å². The van der Waals surface area contributed by atoms with E-state index < -0.39 is 17.4 Å². The number of nitrogens with zero attached hydrogens (tertiary/aromatic N) is 3. The number of aryl methyl sites for hydroxylation is 2. The smallest absolute Gasteiger partial charge is 0.361 e. The number of hydrogen-bond donors (Lipinski definition) is 1. The van der Waals surface area contributed by atoms with Crippen LogP contribution < -0.4 is 15.6 Å². The van der Waals surface area contributed by atoms with Gasteiger partial charge in [0.1, 0.15) is 23.5 Å². The van der Waals surface area contributed by atoms with Gasteiger partial charge in [-0.25, -0.2) is 4.79 Å². The lowest BCUT2D eigenvalue weighted by atomic mass is 10.2. The van der Waals surface area contributed by atoms with Gasteiger partial charge in [-0.1, -0.05) is 16.8 Å². The van der Waals surface area contributed by atoms with Gasteiger partial charge in [0.25, 0.3) is 11.3 Å². The van der Waals surface area contributed by atoms with Crippen molar-refractivity contribution in [2.24, 2.45) is 0 Å². The van der Waals surface area contributed by atoms with Crippen molar-refractivity contribution in [3.8, 4) is 5.75 Å². The highest BCUT2D eigenvalue weighted by Crippen LogP contribution is 2.30. The third-order valence-electron chi connectivity index (χ3n) is 4.31. The molecule has 0 fully saturated rings. The third-order valence-corrected chi connectivity index (χ3v) is 4.72. The Kier molecular flexibility index (Phi) is 6.06. The Morgan fingerprint density at radius 3 is 2.70 bits per heavy atom. The largest absolute Gasteiger partial charge is 0.495 e. The van der Waals surface area contributed by atoms with Gasteiger partial charge in [0.05, 0.1) is 19.4 Å². The molecule has 0 unspecified atom stereocenters. The first-order chi connectivity index (χ1) is 14.3. The topological polar surface area (TPSA) is 126 Å². The van der Waals surface area contributed by atoms with Gasteiger partial charge >= 0.3 is 5.97 Å². The van der Waals surface area contributed by atoms with E-state index >= 15 is 0 Å². The number of benzene rings is 1. The van der Waals surface area contributed by atoms with Crippen LogP contribution >= 0.6 is 11.6 Å². The van der Waals surface area contributed by atoms with Crippen LogP contribution in [0.25, 0.3) is 11.1 Å². The van der Waals surface area contributed by atoms with E-state index in [-0.39, 0.29) is 35.8 Å². The number of carbonyl (C=O) groups is 2. The molecule has 11 heteroatoms. The lowest BCUT2D eigenvalue weighted by molar-refractivity contribution is -0.116. The minimum absolute atomic E-state index is 0.103. The molecule has 0 spiro atoms. The maximum Gasteiger partial charge on any atom is 0.361 e. The summed E-state index contributed by atoms with van der Waals surface area (Å²) in [7, 11) is 1.45. The number of aromatic nitrogens is 3. The van der Waals surface area contributed by atoms with Crippen LogP contribution in [0.3, 0.4) is 0 Å². The second-order valence-electron chi connectivity index (χ2n) is 6.33. The first-order valence-electron chi connectivity index (χ1n) is 8.94. The van der Waals surface area contributed by atoms with E-state index in [0.717, 1.165) is 10.1 Å². The number of fused-ring (bicyclic) bond motifs is 1. The average molecular weight is 435 g/mol. The molecule has 2 heterocycles. The van der Waals surface area contributed by atoms with Crippen molar-refractivity contribution in [3.63, 3.8) is 0 Å². The molecule has 1 amide bonds. The Hall–Kier alpha value is -3.40. The molecule has 1 N–H and O–H groups in total. The molecule has 158 valence electrons. The fourth-order valence-electron chi connectivity index (χ4n) is 2.83. The number of rotatable bonds is 6. The van der Waals surface area contributed by atoms with Gasteiger partial charge in [-0.2, -0.15) is 4.98 Å². The van der Waals surface area contributed by atoms with E-state index in [1.807, 2.05) is 0 Å². The summed E-state index contributed by atoms with van der Waals surface area (Å²) >= 11 is 6.08. The number of carbonyl (C=O) groups excluding carboxylic acids is 2. The second kappa shape index (κ2) is 8.54. The standard InChI is InChI=1S/C19H19ClN4O6/c1-5-29-19(27)16-15-17(30-23-16)21-10(3)24(18(15)26)8-14(25)22-12-6-9(2)11(20)7-13(12)28-4/h6-7H,5,8H2,1-4H3,(H,22,25). The Morgan fingerprint density at radius 1 is 1.30 bits per heavy atom. The zero-order chi connectivity index (χ0) is 22.0. The fourth-order valence-corrected chi connectivity index (χ4v) is 2.98. The molecule has 0 bridgehead atoms. The molecule has 10 nitrogen and oxygen atoms in total. The van der Waals surface area contributed by atoms with Crippen LogP contribution in [-0.4, -0.2) is 40.3 Å². The van der Waals surface area contributed by atoms with Crippen molar-refractivity contribution >= 4 is 40.3 Å². The Bertz CT molecular complexity index is 1200. The molecule has 2 aromatic heterocycles. The summed E-state index contributed by atoms with van der Waals surface area (Å²) in [6.07, 6.45) is 0. The van der Waals surface area contributed by atoms with Gasteiger partial charge in [0.2, 0.25) is 11.6 Å². The molecular formula is C19H19ClN4O6. The van der Waals surface area contributed by atoms with Gasteiger partial charge in [-0.15, -0.1) is 0 Å². The first-order valence-corrected chi connectivity index (χ1v) is 9.32. The highest BCUT2D eigenvalue weighted by molar-refractivity contribution is 6.31. The van der Waals surface area contributed by atoms with Crippen LogP contribution in [0.1, 0.15) is 28.8 Å². The fraction of sp³-hybridized carbons (Fsp3) is 0.316. The average Bonchev–Trinajstić information content (AvgIpc) is 3.12. The van der Waals surface area contributed by atoms with Crippen LogP contribution in [0, 0.1) is 13.8 Å². The first kappa shape index (κ1) is 21.3. The van der Waals surface area contributed by atoms with Crippen molar-refractivity contribution in [1.29, 1.82) is 0 Å². The normalized spacial score (nSPS) is 10.8. The van der Waals surface area contributed by atoms with E-state index in [0.29, 0.717) is 16.5 Å². The molecule has 0 atom stereocenters. The van der Waals surface area contributed by atoms with Gasteiger partial charge in [0.15, 0.2) is 0 Å². The maximum atomic E-state index is 12.9. The monoisotopic (exact) mass is 434 g/mol. The summed E-state index contributed by atoms with van der Waals surface area (Å²) in [4.78, 5) is 41.7. The van der Waals surface area contributed by atoms with E-state index in [2.05, 4.69) is 15.5 Å². The summed E-state index contributed by atoms with van der Waals surface area (Å²) in [6.45, 7) is 4.69. The second-order valence-corrected chi connectivity index (χ2v) is 6.74. The van der Waals surface area contributed by atoms with E-state index in [4.69, 9.17) is 25.6 Å². The van der Waals surface area contributed by atoms with E-state index in [1.165, 1.54) is 14.0 Å². The van der Waals surface area contributed by atoms with E-state index in [9.17, 15) is 14.4 Å². The summed E-state index contributed by atoms with van der Waals surface area (Å²) in [5.41, 5.74) is 0.117. The highest BCUT2D eigenvalue weighted by Gasteiger charge is 2.24. The number of halogens is 1.